The Morgan fingerprint density at radius 2 is 2.04 bits per heavy atom. The Labute approximate surface area is 149 Å². The predicted octanol–water partition coefficient (Wildman–Crippen LogP) is 4.38. The van der Waals surface area contributed by atoms with E-state index >= 15 is 0 Å². The molecule has 124 valence electrons. The summed E-state index contributed by atoms with van der Waals surface area (Å²) in [6.45, 7) is 6.94. The van der Waals surface area contributed by atoms with Crippen molar-refractivity contribution in [1.29, 1.82) is 0 Å². The minimum absolute atomic E-state index is 0.116. The van der Waals surface area contributed by atoms with Crippen molar-refractivity contribution in [2.24, 2.45) is 5.92 Å². The maximum absolute atomic E-state index is 12.2. The van der Waals surface area contributed by atoms with Gasteiger partial charge in [-0.15, -0.1) is 10.2 Å². The summed E-state index contributed by atoms with van der Waals surface area (Å²) in [4.78, 5) is 12.2. The summed E-state index contributed by atoms with van der Waals surface area (Å²) in [6.07, 6.45) is 0. The molecule has 1 aromatic carbocycles. The molecule has 0 unspecified atom stereocenters. The smallest absolute Gasteiger partial charge is 0.237 e. The number of nitrogens with zero attached hydrogens (tertiary/aromatic N) is 2. The number of carbonyl (C=O) groups excluding carboxylic acids is 1. The van der Waals surface area contributed by atoms with Crippen LogP contribution in [0, 0.1) is 5.92 Å². The monoisotopic (exact) mass is 370 g/mol. The number of thioether (sulfide) groups is 1. The molecule has 0 fully saturated rings. The van der Waals surface area contributed by atoms with Crippen molar-refractivity contribution in [1.82, 2.24) is 10.2 Å². The first-order valence-corrected chi connectivity index (χ1v) is 9.32. The van der Waals surface area contributed by atoms with Crippen LogP contribution >= 0.6 is 34.7 Å². The third-order valence-electron chi connectivity index (χ3n) is 2.85. The van der Waals surface area contributed by atoms with Crippen molar-refractivity contribution in [3.63, 3.8) is 0 Å². The maximum atomic E-state index is 12.2. The molecule has 2 aromatic rings. The highest BCUT2D eigenvalue weighted by molar-refractivity contribution is 8.02. The largest absolute Gasteiger partial charge is 0.360 e. The number of rotatable bonds is 7. The van der Waals surface area contributed by atoms with Gasteiger partial charge in [-0.25, -0.2) is 0 Å². The van der Waals surface area contributed by atoms with Crippen molar-refractivity contribution in [3.8, 4) is 0 Å². The Morgan fingerprint density at radius 3 is 2.74 bits per heavy atom. The number of anilines is 2. The first-order valence-electron chi connectivity index (χ1n) is 7.25. The summed E-state index contributed by atoms with van der Waals surface area (Å²) in [6, 6.07) is 7.17. The highest BCUT2D eigenvalue weighted by Crippen LogP contribution is 2.30. The van der Waals surface area contributed by atoms with Crippen LogP contribution in [0.25, 0.3) is 0 Å². The molecule has 2 rings (SSSR count). The van der Waals surface area contributed by atoms with Gasteiger partial charge < -0.3 is 10.6 Å². The number of aromatic nitrogens is 2. The van der Waals surface area contributed by atoms with Crippen LogP contribution in [-0.4, -0.2) is 27.9 Å². The van der Waals surface area contributed by atoms with Gasteiger partial charge in [-0.3, -0.25) is 4.79 Å². The van der Waals surface area contributed by atoms with Crippen molar-refractivity contribution in [2.45, 2.75) is 30.4 Å². The minimum atomic E-state index is -0.294. The summed E-state index contributed by atoms with van der Waals surface area (Å²) in [7, 11) is 0. The molecule has 2 N–H and O–H groups in total. The molecule has 0 spiro atoms. The van der Waals surface area contributed by atoms with E-state index in [1.807, 2.05) is 19.1 Å². The number of hydrogen-bond donors (Lipinski definition) is 2. The van der Waals surface area contributed by atoms with Crippen LogP contribution in [0.1, 0.15) is 20.8 Å². The fraction of sp³-hybridized carbons (Fsp3) is 0.400. The van der Waals surface area contributed by atoms with E-state index in [2.05, 4.69) is 34.7 Å². The van der Waals surface area contributed by atoms with Crippen LogP contribution in [0.4, 0.5) is 10.8 Å². The van der Waals surface area contributed by atoms with E-state index in [0.717, 1.165) is 16.0 Å². The molecule has 0 radical (unpaired) electrons. The number of carbonyl (C=O) groups is 1. The zero-order valence-electron chi connectivity index (χ0n) is 13.2. The zero-order valence-corrected chi connectivity index (χ0v) is 15.6. The van der Waals surface area contributed by atoms with E-state index < -0.39 is 0 Å². The summed E-state index contributed by atoms with van der Waals surface area (Å²) in [5, 5.41) is 15.2. The van der Waals surface area contributed by atoms with E-state index in [-0.39, 0.29) is 11.2 Å². The Balaban J connectivity index is 1.90. The number of benzene rings is 1. The van der Waals surface area contributed by atoms with E-state index in [1.54, 1.807) is 12.1 Å². The molecule has 0 saturated carbocycles. The van der Waals surface area contributed by atoms with Crippen LogP contribution in [0.5, 0.6) is 0 Å². The van der Waals surface area contributed by atoms with Gasteiger partial charge in [0.05, 0.1) is 16.0 Å². The maximum Gasteiger partial charge on any atom is 0.237 e. The highest BCUT2D eigenvalue weighted by atomic mass is 35.5. The Hall–Kier alpha value is -1.31. The summed E-state index contributed by atoms with van der Waals surface area (Å²) in [5.74, 6) is 0.422. The molecular formula is C15H19ClN4OS2. The Morgan fingerprint density at radius 1 is 1.30 bits per heavy atom. The molecule has 23 heavy (non-hydrogen) atoms. The molecule has 1 atom stereocenters. The SMILES string of the molecule is CC(C)CNc1nnc(S[C@H](C)C(=O)Nc2ccccc2Cl)s1. The molecule has 1 heterocycles. The van der Waals surface area contributed by atoms with Crippen LogP contribution in [0.15, 0.2) is 28.6 Å². The van der Waals surface area contributed by atoms with Gasteiger partial charge in [0.15, 0.2) is 4.34 Å². The van der Waals surface area contributed by atoms with Gasteiger partial charge in [-0.05, 0) is 25.0 Å². The van der Waals surface area contributed by atoms with Gasteiger partial charge >= 0.3 is 0 Å². The second-order valence-corrected chi connectivity index (χ2v) is 8.35. The fourth-order valence-electron chi connectivity index (χ4n) is 1.62. The van der Waals surface area contributed by atoms with Crippen LogP contribution in [-0.2, 0) is 4.79 Å². The summed E-state index contributed by atoms with van der Waals surface area (Å²) in [5.41, 5.74) is 0.614. The predicted molar refractivity (Wildman–Crippen MR) is 98.6 cm³/mol. The van der Waals surface area contributed by atoms with Gasteiger partial charge in [-0.1, -0.05) is 60.7 Å². The van der Waals surface area contributed by atoms with Crippen molar-refractivity contribution < 1.29 is 4.79 Å². The quantitative estimate of drug-likeness (QED) is 0.708. The Bertz CT molecular complexity index is 662. The van der Waals surface area contributed by atoms with Gasteiger partial charge in [0.2, 0.25) is 11.0 Å². The summed E-state index contributed by atoms with van der Waals surface area (Å²) >= 11 is 8.88. The second kappa shape index (κ2) is 8.52. The van der Waals surface area contributed by atoms with Crippen molar-refractivity contribution in [3.05, 3.63) is 29.3 Å². The first kappa shape index (κ1) is 18.0. The minimum Gasteiger partial charge on any atom is -0.360 e. The molecule has 1 amide bonds. The van der Waals surface area contributed by atoms with Gasteiger partial charge in [0, 0.05) is 6.54 Å². The average molecular weight is 371 g/mol. The van der Waals surface area contributed by atoms with E-state index in [0.29, 0.717) is 16.6 Å². The Kier molecular flexibility index (Phi) is 6.68. The molecule has 0 aliphatic carbocycles. The number of halogens is 1. The molecule has 5 nitrogen and oxygen atoms in total. The topological polar surface area (TPSA) is 66.9 Å². The van der Waals surface area contributed by atoms with E-state index in [4.69, 9.17) is 11.6 Å². The van der Waals surface area contributed by atoms with Crippen LogP contribution in [0.2, 0.25) is 5.02 Å². The summed E-state index contributed by atoms with van der Waals surface area (Å²) < 4.78 is 0.762. The highest BCUT2D eigenvalue weighted by Gasteiger charge is 2.18. The van der Waals surface area contributed by atoms with Gasteiger partial charge in [0.1, 0.15) is 0 Å². The zero-order chi connectivity index (χ0) is 16.8. The number of amides is 1. The van der Waals surface area contributed by atoms with Crippen LogP contribution < -0.4 is 10.6 Å². The third-order valence-corrected chi connectivity index (χ3v) is 5.24. The second-order valence-electron chi connectivity index (χ2n) is 5.38. The molecule has 1 aromatic heterocycles. The van der Waals surface area contributed by atoms with E-state index in [9.17, 15) is 4.79 Å². The van der Waals surface area contributed by atoms with Crippen molar-refractivity contribution in [2.75, 3.05) is 17.2 Å². The molecule has 8 heteroatoms. The molecule has 0 aliphatic heterocycles. The first-order chi connectivity index (χ1) is 11.0. The van der Waals surface area contributed by atoms with Crippen molar-refractivity contribution >= 4 is 51.4 Å². The lowest BCUT2D eigenvalue weighted by Gasteiger charge is -2.11. The lowest BCUT2D eigenvalue weighted by molar-refractivity contribution is -0.115. The number of para-hydroxylation sites is 1. The molecule has 0 bridgehead atoms. The number of nitrogens with one attached hydrogen (secondary N) is 2. The normalized spacial score (nSPS) is 12.2. The lowest BCUT2D eigenvalue weighted by Crippen LogP contribution is -2.22. The molecule has 0 saturated heterocycles. The number of hydrogen-bond acceptors (Lipinski definition) is 6. The van der Waals surface area contributed by atoms with Gasteiger partial charge in [-0.2, -0.15) is 0 Å². The lowest BCUT2D eigenvalue weighted by atomic mass is 10.2. The van der Waals surface area contributed by atoms with Gasteiger partial charge in [0.25, 0.3) is 0 Å². The van der Waals surface area contributed by atoms with Crippen LogP contribution in [0.3, 0.4) is 0 Å². The third kappa shape index (κ3) is 5.67. The molecule has 0 aliphatic rings. The molecular weight excluding hydrogens is 352 g/mol. The average Bonchev–Trinajstić information content (AvgIpc) is 2.95. The standard InChI is InChI=1S/C15H19ClN4OS2/c1-9(2)8-17-14-19-20-15(23-14)22-10(3)13(21)18-12-7-5-4-6-11(12)16/h4-7,9-10H,8H2,1-3H3,(H,17,19)(H,18,21)/t10-/m1/s1. The van der Waals surface area contributed by atoms with E-state index in [1.165, 1.54) is 23.1 Å². The fourth-order valence-corrected chi connectivity index (χ4v) is 3.71.